The van der Waals surface area contributed by atoms with Crippen molar-refractivity contribution in [3.8, 4) is 0 Å². The van der Waals surface area contributed by atoms with Gasteiger partial charge in [-0.15, -0.1) is 5.10 Å². The van der Waals surface area contributed by atoms with Crippen molar-refractivity contribution >= 4 is 11.9 Å². The van der Waals surface area contributed by atoms with Crippen LogP contribution in [-0.4, -0.2) is 30.2 Å². The van der Waals surface area contributed by atoms with Crippen LogP contribution in [0.2, 0.25) is 0 Å². The van der Waals surface area contributed by atoms with Crippen LogP contribution in [0.1, 0.15) is 45.1 Å². The number of nitrogens with one attached hydrogen (secondary N) is 1. The molecular formula is C15H22N6O. The number of fused-ring (bicyclic) bond motifs is 1. The number of aromatic nitrogens is 5. The van der Waals surface area contributed by atoms with E-state index in [1.165, 1.54) is 12.8 Å². The third-order valence-corrected chi connectivity index (χ3v) is 3.73. The fourth-order valence-corrected chi connectivity index (χ4v) is 2.53. The number of imidazole rings is 1. The molecule has 0 fully saturated rings. The van der Waals surface area contributed by atoms with Crippen molar-refractivity contribution < 1.29 is 4.79 Å². The van der Waals surface area contributed by atoms with Crippen molar-refractivity contribution in [2.75, 3.05) is 5.32 Å². The number of anilines is 1. The molecule has 3 rings (SSSR count). The Morgan fingerprint density at radius 3 is 2.86 bits per heavy atom. The molecular weight excluding hydrogens is 280 g/mol. The highest BCUT2D eigenvalue weighted by Gasteiger charge is 2.17. The molecule has 1 N–H and O–H groups in total. The molecule has 1 aliphatic heterocycles. The maximum atomic E-state index is 12.1. The van der Waals surface area contributed by atoms with E-state index in [9.17, 15) is 4.79 Å². The smallest absolute Gasteiger partial charge is 0.248 e. The summed E-state index contributed by atoms with van der Waals surface area (Å²) in [5, 5.41) is 7.01. The van der Waals surface area contributed by atoms with Crippen LogP contribution in [0, 0.1) is 0 Å². The minimum atomic E-state index is -0.154. The minimum absolute atomic E-state index is 0.137. The molecule has 1 aliphatic rings. The Hall–Kier alpha value is -2.18. The first-order chi connectivity index (χ1) is 10.4. The van der Waals surface area contributed by atoms with Crippen LogP contribution in [-0.2, 0) is 29.7 Å². The molecule has 0 aromatic carbocycles. The van der Waals surface area contributed by atoms with Gasteiger partial charge in [-0.05, 0) is 33.6 Å². The van der Waals surface area contributed by atoms with Crippen molar-refractivity contribution in [1.29, 1.82) is 0 Å². The summed E-state index contributed by atoms with van der Waals surface area (Å²) in [4.78, 5) is 20.8. The summed E-state index contributed by atoms with van der Waals surface area (Å²) < 4.78 is 3.89. The molecule has 0 saturated heterocycles. The third-order valence-electron chi connectivity index (χ3n) is 3.73. The molecule has 7 heteroatoms. The first kappa shape index (κ1) is 14.7. The summed E-state index contributed by atoms with van der Waals surface area (Å²) in [5.41, 5.74) is 0.656. The van der Waals surface area contributed by atoms with E-state index in [2.05, 4.69) is 25.0 Å². The lowest BCUT2D eigenvalue weighted by Gasteiger charge is -2.17. The van der Waals surface area contributed by atoms with Gasteiger partial charge in [-0.25, -0.2) is 14.6 Å². The van der Waals surface area contributed by atoms with Crippen LogP contribution >= 0.6 is 0 Å². The Labute approximate surface area is 129 Å². The Balaban J connectivity index is 1.63. The zero-order chi connectivity index (χ0) is 15.7. The van der Waals surface area contributed by atoms with Crippen molar-refractivity contribution in [2.24, 2.45) is 0 Å². The van der Waals surface area contributed by atoms with Crippen molar-refractivity contribution in [3.63, 3.8) is 0 Å². The van der Waals surface area contributed by atoms with Gasteiger partial charge in [-0.1, -0.05) is 0 Å². The van der Waals surface area contributed by atoms with Gasteiger partial charge in [0.2, 0.25) is 11.9 Å². The molecule has 0 aliphatic carbocycles. The average Bonchev–Trinajstić information content (AvgIpc) is 3.03. The fourth-order valence-electron chi connectivity index (χ4n) is 2.53. The van der Waals surface area contributed by atoms with E-state index >= 15 is 0 Å². The fraction of sp³-hybridized carbons (Fsp3) is 0.600. The molecule has 2 aromatic heterocycles. The van der Waals surface area contributed by atoms with Crippen molar-refractivity contribution in [1.82, 2.24) is 24.3 Å². The van der Waals surface area contributed by atoms with Gasteiger partial charge in [0.25, 0.3) is 0 Å². The summed E-state index contributed by atoms with van der Waals surface area (Å²) in [6.07, 6.45) is 7.23. The second kappa shape index (κ2) is 5.55. The average molecular weight is 302 g/mol. The molecule has 7 nitrogen and oxygen atoms in total. The molecule has 2 aromatic rings. The first-order valence-electron chi connectivity index (χ1n) is 7.69. The normalized spacial score (nSPS) is 14.7. The maximum Gasteiger partial charge on any atom is 0.248 e. The number of carbonyl (C=O) groups is 1. The van der Waals surface area contributed by atoms with Crippen LogP contribution in [0.15, 0.2) is 12.5 Å². The maximum absolute atomic E-state index is 12.1. The van der Waals surface area contributed by atoms with Gasteiger partial charge >= 0.3 is 0 Å². The van der Waals surface area contributed by atoms with Gasteiger partial charge in [0.05, 0.1) is 17.7 Å². The van der Waals surface area contributed by atoms with E-state index in [-0.39, 0.29) is 17.9 Å². The number of amides is 1. The van der Waals surface area contributed by atoms with E-state index in [1.807, 2.05) is 27.0 Å². The first-order valence-corrected chi connectivity index (χ1v) is 7.69. The Bertz CT molecular complexity index is 655. The van der Waals surface area contributed by atoms with E-state index in [1.54, 1.807) is 11.0 Å². The van der Waals surface area contributed by atoms with Crippen molar-refractivity contribution in [3.05, 3.63) is 24.0 Å². The highest BCUT2D eigenvalue weighted by atomic mass is 16.1. The lowest BCUT2D eigenvalue weighted by atomic mass is 10.1. The van der Waals surface area contributed by atoms with Gasteiger partial charge in [0, 0.05) is 19.2 Å². The van der Waals surface area contributed by atoms with Gasteiger partial charge < -0.3 is 4.57 Å². The lowest BCUT2D eigenvalue weighted by molar-refractivity contribution is -0.115. The van der Waals surface area contributed by atoms with Crippen LogP contribution in [0.5, 0.6) is 0 Å². The second-order valence-corrected chi connectivity index (χ2v) is 6.71. The quantitative estimate of drug-likeness (QED) is 0.937. The molecule has 0 atom stereocenters. The van der Waals surface area contributed by atoms with Gasteiger partial charge in [-0.2, -0.15) is 0 Å². The highest BCUT2D eigenvalue weighted by molar-refractivity contribution is 5.90. The van der Waals surface area contributed by atoms with E-state index in [0.717, 1.165) is 24.5 Å². The summed E-state index contributed by atoms with van der Waals surface area (Å²) >= 11 is 0. The van der Waals surface area contributed by atoms with E-state index in [4.69, 9.17) is 0 Å². The van der Waals surface area contributed by atoms with Gasteiger partial charge in [-0.3, -0.25) is 10.1 Å². The molecule has 0 unspecified atom stereocenters. The Kier molecular flexibility index (Phi) is 3.72. The zero-order valence-electron chi connectivity index (χ0n) is 13.3. The Morgan fingerprint density at radius 2 is 2.18 bits per heavy atom. The molecule has 1 amide bonds. The molecule has 0 saturated carbocycles. The zero-order valence-corrected chi connectivity index (χ0v) is 13.3. The predicted molar refractivity (Wildman–Crippen MR) is 82.5 cm³/mol. The summed E-state index contributed by atoms with van der Waals surface area (Å²) in [5.74, 6) is 1.29. The molecule has 0 bridgehead atoms. The minimum Gasteiger partial charge on any atom is -0.335 e. The van der Waals surface area contributed by atoms with Gasteiger partial charge in [0.15, 0.2) is 0 Å². The van der Waals surface area contributed by atoms with Crippen LogP contribution in [0.3, 0.4) is 0 Å². The third kappa shape index (κ3) is 3.18. The molecule has 118 valence electrons. The highest BCUT2D eigenvalue weighted by Crippen LogP contribution is 2.15. The number of hydrogen-bond acceptors (Lipinski definition) is 4. The van der Waals surface area contributed by atoms with Gasteiger partial charge in [0.1, 0.15) is 12.2 Å². The second-order valence-electron chi connectivity index (χ2n) is 6.71. The molecule has 3 heterocycles. The Morgan fingerprint density at radius 1 is 1.36 bits per heavy atom. The number of nitrogens with zero attached hydrogens (tertiary/aromatic N) is 5. The standard InChI is InChI=1S/C15H22N6O/c1-15(2,3)21-10-16-14(19-21)18-13(22)8-11-9-20-7-5-4-6-12(20)17-11/h9-10H,4-8H2,1-3H3,(H,18,19,22). The monoisotopic (exact) mass is 302 g/mol. The molecule has 0 spiro atoms. The lowest BCUT2D eigenvalue weighted by Crippen LogP contribution is -2.23. The number of rotatable bonds is 3. The number of hydrogen-bond donors (Lipinski definition) is 1. The predicted octanol–water partition coefficient (Wildman–Crippen LogP) is 1.75. The SMILES string of the molecule is CC(C)(C)n1cnc(NC(=O)Cc2cn3c(n2)CCCC3)n1. The van der Waals surface area contributed by atoms with E-state index in [0.29, 0.717) is 5.95 Å². The van der Waals surface area contributed by atoms with Crippen LogP contribution in [0.25, 0.3) is 0 Å². The molecule has 0 radical (unpaired) electrons. The number of carbonyl (C=O) groups excluding carboxylic acids is 1. The summed E-state index contributed by atoms with van der Waals surface area (Å²) in [6.45, 7) is 7.09. The number of aryl methyl sites for hydroxylation is 2. The van der Waals surface area contributed by atoms with Crippen LogP contribution < -0.4 is 5.32 Å². The largest absolute Gasteiger partial charge is 0.335 e. The van der Waals surface area contributed by atoms with Crippen molar-refractivity contribution in [2.45, 2.75) is 58.5 Å². The topological polar surface area (TPSA) is 77.6 Å². The molecule has 22 heavy (non-hydrogen) atoms. The van der Waals surface area contributed by atoms with E-state index < -0.39 is 0 Å². The van der Waals surface area contributed by atoms with Crippen LogP contribution in [0.4, 0.5) is 5.95 Å². The summed E-state index contributed by atoms with van der Waals surface area (Å²) in [7, 11) is 0. The summed E-state index contributed by atoms with van der Waals surface area (Å²) in [6, 6.07) is 0.